The average Bonchev–Trinajstić information content (AvgIpc) is 2.85. The number of carbonyl (C=O) groups excluding carboxylic acids is 2. The third-order valence-corrected chi connectivity index (χ3v) is 5.06. The SMILES string of the molecule is CC(C)(C)c1ccc(C(=O)Cl)cc1.CC(C)(C)c1ccc(C(=O)NCCN=[N+]=[N-])cc1.[N-]=[N+]=NCCN. The molecule has 0 aliphatic carbocycles. The minimum absolute atomic E-state index is 0.0799. The van der Waals surface area contributed by atoms with Crippen LogP contribution < -0.4 is 11.1 Å². The molecule has 37 heavy (non-hydrogen) atoms. The Morgan fingerprint density at radius 1 is 0.811 bits per heavy atom. The van der Waals surface area contributed by atoms with Gasteiger partial charge in [0.05, 0.1) is 0 Å². The Hall–Kier alpha value is -3.55. The zero-order chi connectivity index (χ0) is 28.5. The highest BCUT2D eigenvalue weighted by molar-refractivity contribution is 6.67. The van der Waals surface area contributed by atoms with Gasteiger partial charge in [0.2, 0.25) is 0 Å². The number of nitrogens with zero attached hydrogens (tertiary/aromatic N) is 6. The van der Waals surface area contributed by atoms with Crippen LogP contribution in [0.3, 0.4) is 0 Å². The van der Waals surface area contributed by atoms with Crippen LogP contribution in [0.15, 0.2) is 58.8 Å². The van der Waals surface area contributed by atoms with Crippen molar-refractivity contribution in [2.75, 3.05) is 26.2 Å². The van der Waals surface area contributed by atoms with Crippen molar-refractivity contribution in [2.45, 2.75) is 52.4 Å². The first-order valence-corrected chi connectivity index (χ1v) is 12.1. The number of hydrogen-bond donors (Lipinski definition) is 2. The number of halogens is 1. The number of azide groups is 2. The van der Waals surface area contributed by atoms with Gasteiger partial charge < -0.3 is 11.1 Å². The van der Waals surface area contributed by atoms with E-state index >= 15 is 0 Å². The largest absolute Gasteiger partial charge is 0.352 e. The molecule has 200 valence electrons. The Kier molecular flexibility index (Phi) is 15.4. The molecule has 3 N–H and O–H groups in total. The molecular formula is C26H37ClN8O2. The number of benzene rings is 2. The zero-order valence-corrected chi connectivity index (χ0v) is 23.2. The van der Waals surface area contributed by atoms with Crippen LogP contribution in [0.1, 0.15) is 73.4 Å². The van der Waals surface area contributed by atoms with Crippen LogP contribution in [0.5, 0.6) is 0 Å². The molecule has 0 radical (unpaired) electrons. The topological polar surface area (TPSA) is 170 Å². The van der Waals surface area contributed by atoms with Crippen molar-refractivity contribution in [3.63, 3.8) is 0 Å². The van der Waals surface area contributed by atoms with E-state index in [0.717, 1.165) is 0 Å². The number of nitrogens with two attached hydrogens (primary N) is 1. The number of amides is 1. The van der Waals surface area contributed by atoms with Gasteiger partial charge in [0.25, 0.3) is 11.1 Å². The monoisotopic (exact) mass is 528 g/mol. The van der Waals surface area contributed by atoms with E-state index in [-0.39, 0.29) is 23.3 Å². The van der Waals surface area contributed by atoms with Crippen LogP contribution in [0, 0.1) is 0 Å². The Morgan fingerprint density at radius 2 is 1.22 bits per heavy atom. The van der Waals surface area contributed by atoms with Crippen LogP contribution in [-0.4, -0.2) is 37.3 Å². The maximum absolute atomic E-state index is 11.7. The maximum Gasteiger partial charge on any atom is 0.252 e. The lowest BCUT2D eigenvalue weighted by Crippen LogP contribution is -2.26. The summed E-state index contributed by atoms with van der Waals surface area (Å²) in [7, 11) is 0. The predicted octanol–water partition coefficient (Wildman–Crippen LogP) is 6.64. The molecule has 2 aromatic rings. The average molecular weight is 529 g/mol. The van der Waals surface area contributed by atoms with Crippen LogP contribution >= 0.6 is 11.6 Å². The zero-order valence-electron chi connectivity index (χ0n) is 22.4. The quantitative estimate of drug-likeness (QED) is 0.135. The van der Waals surface area contributed by atoms with Gasteiger partial charge in [0, 0.05) is 40.6 Å². The molecule has 0 aromatic heterocycles. The highest BCUT2D eigenvalue weighted by Gasteiger charge is 2.14. The molecule has 0 heterocycles. The molecule has 0 aliphatic heterocycles. The third kappa shape index (κ3) is 14.6. The van der Waals surface area contributed by atoms with Gasteiger partial charge in [-0.3, -0.25) is 9.59 Å². The van der Waals surface area contributed by atoms with E-state index in [2.05, 4.69) is 66.9 Å². The molecular weight excluding hydrogens is 492 g/mol. The summed E-state index contributed by atoms with van der Waals surface area (Å²) in [5, 5.41) is 8.78. The highest BCUT2D eigenvalue weighted by atomic mass is 35.5. The molecule has 0 atom stereocenters. The summed E-state index contributed by atoms with van der Waals surface area (Å²) < 4.78 is 0. The second kappa shape index (κ2) is 17.0. The van der Waals surface area contributed by atoms with E-state index in [1.807, 2.05) is 36.4 Å². The second-order valence-corrected chi connectivity index (χ2v) is 10.2. The van der Waals surface area contributed by atoms with Gasteiger partial charge in [-0.2, -0.15) is 0 Å². The first-order chi connectivity index (χ1) is 17.3. The Morgan fingerprint density at radius 3 is 1.54 bits per heavy atom. The van der Waals surface area contributed by atoms with Gasteiger partial charge in [0.15, 0.2) is 0 Å². The molecule has 1 amide bonds. The number of carbonyl (C=O) groups is 2. The lowest BCUT2D eigenvalue weighted by molar-refractivity contribution is 0.0954. The number of hydrogen-bond acceptors (Lipinski definition) is 5. The molecule has 0 spiro atoms. The van der Waals surface area contributed by atoms with Gasteiger partial charge in [-0.1, -0.05) is 76.0 Å². The first kappa shape index (κ1) is 33.4. The van der Waals surface area contributed by atoms with E-state index in [0.29, 0.717) is 30.8 Å². The Balaban J connectivity index is 0.000000594. The fourth-order valence-corrected chi connectivity index (χ4v) is 2.82. The molecule has 0 fully saturated rings. The van der Waals surface area contributed by atoms with Gasteiger partial charge in [-0.25, -0.2) is 0 Å². The summed E-state index contributed by atoms with van der Waals surface area (Å²) in [6.07, 6.45) is 0. The van der Waals surface area contributed by atoms with Crippen LogP contribution in [-0.2, 0) is 10.8 Å². The van der Waals surface area contributed by atoms with E-state index in [9.17, 15) is 9.59 Å². The second-order valence-electron chi connectivity index (χ2n) is 9.88. The molecule has 10 nitrogen and oxygen atoms in total. The maximum atomic E-state index is 11.7. The van der Waals surface area contributed by atoms with E-state index < -0.39 is 5.24 Å². The molecule has 0 bridgehead atoms. The summed E-state index contributed by atoms with van der Waals surface area (Å²) in [6.45, 7) is 14.2. The summed E-state index contributed by atoms with van der Waals surface area (Å²) in [5.41, 5.74) is 24.4. The van der Waals surface area contributed by atoms with Crippen molar-refractivity contribution in [1.29, 1.82) is 0 Å². The van der Waals surface area contributed by atoms with Gasteiger partial charge in [0.1, 0.15) is 0 Å². The first-order valence-electron chi connectivity index (χ1n) is 11.7. The predicted molar refractivity (Wildman–Crippen MR) is 150 cm³/mol. The van der Waals surface area contributed by atoms with Gasteiger partial charge in [-0.15, -0.1) is 0 Å². The summed E-state index contributed by atoms with van der Waals surface area (Å²) in [5.74, 6) is -0.149. The van der Waals surface area contributed by atoms with E-state index in [4.69, 9.17) is 28.4 Å². The number of rotatable bonds is 7. The molecule has 0 saturated heterocycles. The fourth-order valence-electron chi connectivity index (χ4n) is 2.69. The molecule has 0 unspecified atom stereocenters. The van der Waals surface area contributed by atoms with Gasteiger partial charge in [-0.05, 0) is 75.4 Å². The highest BCUT2D eigenvalue weighted by Crippen LogP contribution is 2.23. The van der Waals surface area contributed by atoms with Gasteiger partial charge >= 0.3 is 0 Å². The Bertz CT molecular complexity index is 1080. The van der Waals surface area contributed by atoms with Crippen molar-refractivity contribution in [3.05, 3.63) is 91.7 Å². The third-order valence-electron chi connectivity index (χ3n) is 4.84. The summed E-state index contributed by atoms with van der Waals surface area (Å²) >= 11 is 5.33. The van der Waals surface area contributed by atoms with Crippen LogP contribution in [0.4, 0.5) is 0 Å². The van der Waals surface area contributed by atoms with Crippen molar-refractivity contribution in [2.24, 2.45) is 16.0 Å². The molecule has 2 aromatic carbocycles. The van der Waals surface area contributed by atoms with Crippen molar-refractivity contribution in [1.82, 2.24) is 5.32 Å². The summed E-state index contributed by atoms with van der Waals surface area (Å²) in [4.78, 5) is 27.6. The molecule has 2 rings (SSSR count). The molecule has 11 heteroatoms. The molecule has 0 saturated carbocycles. The summed E-state index contributed by atoms with van der Waals surface area (Å²) in [6, 6.07) is 14.9. The standard InChI is InChI=1S/C13H18N4O.C11H13ClO.C2H6N4/c1-13(2,3)11-6-4-10(5-7-11)12(18)15-8-9-16-17-14;1-11(2,3)9-6-4-8(5-7-9)10(12)13;3-1-2-5-6-4/h4-7H,8-9H2,1-3H3,(H,15,18);4-7H,1-3H3;1-3H2. The van der Waals surface area contributed by atoms with E-state index in [1.165, 1.54) is 11.1 Å². The minimum Gasteiger partial charge on any atom is -0.352 e. The van der Waals surface area contributed by atoms with Crippen molar-refractivity contribution >= 4 is 22.8 Å². The lowest BCUT2D eigenvalue weighted by Gasteiger charge is -2.19. The normalized spacial score (nSPS) is 10.3. The Labute approximate surface area is 223 Å². The van der Waals surface area contributed by atoms with Crippen LogP contribution in [0.2, 0.25) is 0 Å². The minimum atomic E-state index is -0.402. The van der Waals surface area contributed by atoms with Crippen molar-refractivity contribution < 1.29 is 9.59 Å². The fraction of sp³-hybridized carbons (Fsp3) is 0.462. The number of nitrogens with one attached hydrogen (secondary N) is 1. The van der Waals surface area contributed by atoms with Crippen molar-refractivity contribution in [3.8, 4) is 0 Å². The lowest BCUT2D eigenvalue weighted by atomic mass is 9.87. The van der Waals surface area contributed by atoms with Crippen LogP contribution in [0.25, 0.3) is 20.9 Å². The molecule has 0 aliphatic rings. The van der Waals surface area contributed by atoms with E-state index in [1.54, 1.807) is 12.1 Å². The smallest absolute Gasteiger partial charge is 0.252 e.